The van der Waals surface area contributed by atoms with E-state index in [1.165, 1.54) is 13.1 Å². The van der Waals surface area contributed by atoms with E-state index in [1.807, 2.05) is 0 Å². The van der Waals surface area contributed by atoms with Gasteiger partial charge in [-0.2, -0.15) is 0 Å². The van der Waals surface area contributed by atoms with Crippen molar-refractivity contribution in [1.29, 1.82) is 0 Å². The van der Waals surface area contributed by atoms with Crippen molar-refractivity contribution in [2.24, 2.45) is 0 Å². The third-order valence-electron chi connectivity index (χ3n) is 1.93. The van der Waals surface area contributed by atoms with Gasteiger partial charge in [-0.1, -0.05) is 6.92 Å². The highest BCUT2D eigenvalue weighted by molar-refractivity contribution is 9.10. The van der Waals surface area contributed by atoms with Crippen LogP contribution in [0.15, 0.2) is 16.7 Å². The molecule has 0 amide bonds. The minimum absolute atomic E-state index is 0.374. The second-order valence-electron chi connectivity index (χ2n) is 3.23. The summed E-state index contributed by atoms with van der Waals surface area (Å²) in [4.78, 5) is 13.5. The van der Waals surface area contributed by atoms with Gasteiger partial charge in [0, 0.05) is 23.2 Å². The van der Waals surface area contributed by atoms with Crippen LogP contribution in [0.25, 0.3) is 0 Å². The van der Waals surface area contributed by atoms with E-state index in [9.17, 15) is 18.9 Å². The largest absolute Gasteiger partial charge is 0.466 e. The summed E-state index contributed by atoms with van der Waals surface area (Å²) in [5, 5.41) is 10.6. The number of aromatic nitrogens is 1. The monoisotopic (exact) mass is 310 g/mol. The van der Waals surface area contributed by atoms with Crippen molar-refractivity contribution in [3.05, 3.63) is 26.9 Å². The number of alkyl halides is 2. The fourth-order valence-corrected chi connectivity index (χ4v) is 1.25. The molecule has 0 aromatic carbocycles. The molecule has 17 heavy (non-hydrogen) atoms. The molecule has 1 rings (SSSR count). The summed E-state index contributed by atoms with van der Waals surface area (Å²) < 4.78 is 30.9. The average molecular weight is 311 g/mol. The fourth-order valence-electron chi connectivity index (χ4n) is 0.934. The van der Waals surface area contributed by atoms with Crippen LogP contribution in [-0.4, -0.2) is 22.4 Å². The van der Waals surface area contributed by atoms with E-state index in [0.29, 0.717) is 4.47 Å². The topological polar surface area (TPSA) is 65.3 Å². The number of hydrogen-bond acceptors (Lipinski definition) is 4. The number of nitrogens with zero attached hydrogens (tertiary/aromatic N) is 2. The predicted octanol–water partition coefficient (Wildman–Crippen LogP) is 3.18. The molecule has 0 saturated heterocycles. The summed E-state index contributed by atoms with van der Waals surface area (Å²) in [6.07, 6.45) is 0.837. The van der Waals surface area contributed by atoms with Crippen LogP contribution in [0.2, 0.25) is 0 Å². The first-order valence-electron chi connectivity index (χ1n) is 4.66. The van der Waals surface area contributed by atoms with Gasteiger partial charge in [0.15, 0.2) is 6.61 Å². The molecule has 0 unspecified atom stereocenters. The lowest BCUT2D eigenvalue weighted by atomic mass is 10.3. The maximum Gasteiger partial charge on any atom is 0.332 e. The van der Waals surface area contributed by atoms with Crippen molar-refractivity contribution in [1.82, 2.24) is 4.98 Å². The van der Waals surface area contributed by atoms with Crippen LogP contribution in [0, 0.1) is 10.1 Å². The Bertz CT molecular complexity index is 429. The predicted molar refractivity (Wildman–Crippen MR) is 59.3 cm³/mol. The Hall–Kier alpha value is -1.31. The van der Waals surface area contributed by atoms with Crippen LogP contribution >= 0.6 is 15.9 Å². The standard InChI is InChI=1S/C9H9BrF2N2O3/c1-2-9(11,12)5-17-8-7(14(15)16)3-6(10)4-13-8/h3-4H,2,5H2,1H3. The summed E-state index contributed by atoms with van der Waals surface area (Å²) in [5.41, 5.74) is -0.453. The Balaban J connectivity index is 2.88. The number of ether oxygens (including phenoxy) is 1. The smallest absolute Gasteiger partial charge is 0.332 e. The molecule has 0 aliphatic carbocycles. The zero-order chi connectivity index (χ0) is 13.1. The maximum atomic E-state index is 12.9. The molecule has 1 heterocycles. The quantitative estimate of drug-likeness (QED) is 0.619. The second-order valence-corrected chi connectivity index (χ2v) is 4.15. The summed E-state index contributed by atoms with van der Waals surface area (Å²) in [6, 6.07) is 1.15. The number of nitro groups is 1. The number of rotatable bonds is 5. The molecule has 1 aromatic rings. The summed E-state index contributed by atoms with van der Waals surface area (Å²) in [7, 11) is 0. The first kappa shape index (κ1) is 13.8. The zero-order valence-electron chi connectivity index (χ0n) is 8.82. The highest BCUT2D eigenvalue weighted by Crippen LogP contribution is 2.29. The van der Waals surface area contributed by atoms with Gasteiger partial charge in [0.25, 0.3) is 11.8 Å². The molecule has 0 aliphatic rings. The highest BCUT2D eigenvalue weighted by Gasteiger charge is 2.29. The molecule has 1 aromatic heterocycles. The molecular formula is C9H9BrF2N2O3. The van der Waals surface area contributed by atoms with Gasteiger partial charge in [-0.15, -0.1) is 0 Å². The van der Waals surface area contributed by atoms with Gasteiger partial charge in [0.05, 0.1) is 4.92 Å². The summed E-state index contributed by atoms with van der Waals surface area (Å²) in [6.45, 7) is 0.367. The van der Waals surface area contributed by atoms with Crippen LogP contribution in [-0.2, 0) is 0 Å². The Labute approximate surface area is 104 Å². The van der Waals surface area contributed by atoms with Crippen molar-refractivity contribution < 1.29 is 18.4 Å². The van der Waals surface area contributed by atoms with E-state index < -0.39 is 35.4 Å². The Kier molecular flexibility index (Phi) is 4.33. The Morgan fingerprint density at radius 2 is 2.29 bits per heavy atom. The third-order valence-corrected chi connectivity index (χ3v) is 2.37. The van der Waals surface area contributed by atoms with Crippen LogP contribution in [0.1, 0.15) is 13.3 Å². The summed E-state index contributed by atoms with van der Waals surface area (Å²) in [5.74, 6) is -3.44. The molecule has 5 nitrogen and oxygen atoms in total. The number of hydrogen-bond donors (Lipinski definition) is 0. The first-order valence-corrected chi connectivity index (χ1v) is 5.45. The lowest BCUT2D eigenvalue weighted by Crippen LogP contribution is -2.24. The summed E-state index contributed by atoms with van der Waals surface area (Å²) >= 11 is 3.00. The van der Waals surface area contributed by atoms with Gasteiger partial charge >= 0.3 is 5.69 Å². The third kappa shape index (κ3) is 3.88. The van der Waals surface area contributed by atoms with Gasteiger partial charge < -0.3 is 4.74 Å². The van der Waals surface area contributed by atoms with E-state index in [1.54, 1.807) is 0 Å². The molecule has 0 saturated carbocycles. The molecular weight excluding hydrogens is 302 g/mol. The van der Waals surface area contributed by atoms with E-state index in [4.69, 9.17) is 0 Å². The lowest BCUT2D eigenvalue weighted by molar-refractivity contribution is -0.386. The highest BCUT2D eigenvalue weighted by atomic mass is 79.9. The van der Waals surface area contributed by atoms with E-state index in [-0.39, 0.29) is 0 Å². The maximum absolute atomic E-state index is 12.9. The minimum atomic E-state index is -3.03. The SMILES string of the molecule is CCC(F)(F)COc1ncc(Br)cc1[N+](=O)[O-]. The molecule has 0 bridgehead atoms. The van der Waals surface area contributed by atoms with Gasteiger partial charge in [-0.05, 0) is 15.9 Å². The molecule has 0 radical (unpaired) electrons. The fraction of sp³-hybridized carbons (Fsp3) is 0.444. The van der Waals surface area contributed by atoms with E-state index >= 15 is 0 Å². The molecule has 8 heteroatoms. The second kappa shape index (κ2) is 5.35. The minimum Gasteiger partial charge on any atom is -0.466 e. The Morgan fingerprint density at radius 3 is 2.82 bits per heavy atom. The van der Waals surface area contributed by atoms with Crippen molar-refractivity contribution in [2.45, 2.75) is 19.3 Å². The molecule has 0 N–H and O–H groups in total. The molecule has 0 aliphatic heterocycles. The van der Waals surface area contributed by atoms with Gasteiger partial charge in [-0.25, -0.2) is 13.8 Å². The average Bonchev–Trinajstić information content (AvgIpc) is 2.27. The van der Waals surface area contributed by atoms with Crippen molar-refractivity contribution in [2.75, 3.05) is 6.61 Å². The molecule has 0 fully saturated rings. The number of halogens is 3. The van der Waals surface area contributed by atoms with Crippen molar-refractivity contribution >= 4 is 21.6 Å². The van der Waals surface area contributed by atoms with E-state index in [2.05, 4.69) is 25.7 Å². The van der Waals surface area contributed by atoms with Crippen molar-refractivity contribution in [3.8, 4) is 5.88 Å². The molecule has 0 spiro atoms. The van der Waals surface area contributed by atoms with Gasteiger partial charge in [-0.3, -0.25) is 10.1 Å². The zero-order valence-corrected chi connectivity index (χ0v) is 10.4. The lowest BCUT2D eigenvalue weighted by Gasteiger charge is -2.14. The normalized spacial score (nSPS) is 11.3. The Morgan fingerprint density at radius 1 is 1.65 bits per heavy atom. The van der Waals surface area contributed by atoms with Crippen LogP contribution in [0.3, 0.4) is 0 Å². The van der Waals surface area contributed by atoms with Gasteiger partial charge in [0.2, 0.25) is 0 Å². The van der Waals surface area contributed by atoms with E-state index in [0.717, 1.165) is 6.07 Å². The van der Waals surface area contributed by atoms with Crippen LogP contribution in [0.4, 0.5) is 14.5 Å². The van der Waals surface area contributed by atoms with Crippen LogP contribution in [0.5, 0.6) is 5.88 Å². The molecule has 0 atom stereocenters. The molecule has 94 valence electrons. The first-order chi connectivity index (χ1) is 7.85. The van der Waals surface area contributed by atoms with Gasteiger partial charge in [0.1, 0.15) is 0 Å². The van der Waals surface area contributed by atoms with Crippen molar-refractivity contribution in [3.63, 3.8) is 0 Å². The van der Waals surface area contributed by atoms with Crippen LogP contribution < -0.4 is 4.74 Å². The number of pyridine rings is 1.